The first-order valence-electron chi connectivity index (χ1n) is 2.37. The molecule has 2 N–H and O–H groups in total. The van der Waals surface area contributed by atoms with Crippen LogP contribution in [0, 0.1) is 0 Å². The predicted molar refractivity (Wildman–Crippen MR) is 40.5 cm³/mol. The van der Waals surface area contributed by atoms with Gasteiger partial charge in [0.2, 0.25) is 0 Å². The molecule has 0 atom stereocenters. The molecule has 0 spiro atoms. The zero-order valence-electron chi connectivity index (χ0n) is 4.89. The van der Waals surface area contributed by atoms with Crippen molar-refractivity contribution in [3.63, 3.8) is 0 Å². The van der Waals surface area contributed by atoms with E-state index in [2.05, 4.69) is 4.72 Å². The monoisotopic (exact) mass is 157 g/mol. The molecule has 0 aliphatic carbocycles. The predicted octanol–water partition coefficient (Wildman–Crippen LogP) is 0.658. The van der Waals surface area contributed by atoms with Crippen LogP contribution in [-0.4, -0.2) is 24.0 Å². The van der Waals surface area contributed by atoms with Crippen LogP contribution in [0.15, 0.2) is 0 Å². The minimum Gasteiger partial charge on any atom is -0.395 e. The lowest BCUT2D eigenvalue weighted by Gasteiger charge is -1.94. The second-order valence-electron chi connectivity index (χ2n) is 1.07. The highest BCUT2D eigenvalue weighted by Gasteiger charge is 1.78. The zero-order chi connectivity index (χ0) is 5.54. The highest BCUT2D eigenvalue weighted by atomic mass is 35.5. The van der Waals surface area contributed by atoms with Crippen LogP contribution < -0.4 is 4.72 Å². The number of aliphatic hydroxyl groups excluding tert-OH is 1. The second kappa shape index (κ2) is 10.5. The maximum absolute atomic E-state index is 8.23. The molecule has 0 aromatic rings. The van der Waals surface area contributed by atoms with E-state index in [1.165, 1.54) is 0 Å². The summed E-state index contributed by atoms with van der Waals surface area (Å²) >= 11 is 1.55. The number of nitrogens with one attached hydrogen (secondary N) is 1. The normalized spacial score (nSPS) is 8.25. The summed E-state index contributed by atoms with van der Waals surface area (Å²) in [6.07, 6.45) is 0. The van der Waals surface area contributed by atoms with E-state index < -0.39 is 0 Å². The fourth-order valence-electron chi connectivity index (χ4n) is 0.220. The Bertz CT molecular complexity index is 35.2. The molecule has 0 unspecified atom stereocenters. The summed E-state index contributed by atoms with van der Waals surface area (Å²) < 4.78 is 3.01. The Morgan fingerprint density at radius 1 is 1.62 bits per heavy atom. The molecule has 0 heterocycles. The third-order valence-corrected chi connectivity index (χ3v) is 1.32. The van der Waals surface area contributed by atoms with E-state index >= 15 is 0 Å². The topological polar surface area (TPSA) is 32.3 Å². The maximum atomic E-state index is 8.23. The molecule has 0 rings (SSSR count). The molecule has 0 aromatic heterocycles. The highest BCUT2D eigenvalue weighted by Crippen LogP contribution is 1.87. The zero-order valence-corrected chi connectivity index (χ0v) is 6.52. The molecular weight excluding hydrogens is 146 g/mol. The molecule has 2 nitrogen and oxygen atoms in total. The first-order valence-corrected chi connectivity index (χ1v) is 3.36. The summed E-state index contributed by atoms with van der Waals surface area (Å²) in [5.74, 6) is 0.786. The lowest BCUT2D eigenvalue weighted by Crippen LogP contribution is -2.03. The van der Waals surface area contributed by atoms with E-state index in [4.69, 9.17) is 5.11 Å². The van der Waals surface area contributed by atoms with Gasteiger partial charge in [-0.2, -0.15) is 0 Å². The molecule has 4 heteroatoms. The standard InChI is InChI=1S/C4H11NOS.ClH/c1-2-5-7-4-3-6;/h5-6H,2-4H2,1H3;1H. The summed E-state index contributed by atoms with van der Waals surface area (Å²) in [5, 5.41) is 8.23. The first kappa shape index (κ1) is 11.4. The Kier molecular flexibility index (Phi) is 15.0. The van der Waals surface area contributed by atoms with Gasteiger partial charge in [-0.05, 0) is 0 Å². The Hall–Kier alpha value is 0.560. The van der Waals surface area contributed by atoms with Crippen molar-refractivity contribution in [1.82, 2.24) is 4.72 Å². The molecule has 52 valence electrons. The van der Waals surface area contributed by atoms with Gasteiger partial charge in [0.15, 0.2) is 0 Å². The van der Waals surface area contributed by atoms with Crippen LogP contribution >= 0.6 is 24.4 Å². The van der Waals surface area contributed by atoms with E-state index in [0.29, 0.717) is 0 Å². The number of hydrogen-bond acceptors (Lipinski definition) is 3. The van der Waals surface area contributed by atoms with Crippen molar-refractivity contribution in [2.45, 2.75) is 6.92 Å². The molecule has 0 saturated carbocycles. The van der Waals surface area contributed by atoms with Crippen molar-refractivity contribution in [1.29, 1.82) is 0 Å². The average molecular weight is 158 g/mol. The number of aliphatic hydroxyl groups is 1. The minimum absolute atomic E-state index is 0. The summed E-state index contributed by atoms with van der Waals surface area (Å²) in [6, 6.07) is 0. The van der Waals surface area contributed by atoms with Gasteiger partial charge in [0, 0.05) is 12.3 Å². The van der Waals surface area contributed by atoms with Crippen LogP contribution in [0.5, 0.6) is 0 Å². The smallest absolute Gasteiger partial charge is 0.0534 e. The van der Waals surface area contributed by atoms with Crippen LogP contribution in [0.1, 0.15) is 6.92 Å². The van der Waals surface area contributed by atoms with Crippen molar-refractivity contribution in [2.24, 2.45) is 0 Å². The van der Waals surface area contributed by atoms with Gasteiger partial charge in [0.1, 0.15) is 0 Å². The highest BCUT2D eigenvalue weighted by molar-refractivity contribution is 7.97. The summed E-state index contributed by atoms with van der Waals surface area (Å²) in [4.78, 5) is 0. The van der Waals surface area contributed by atoms with Gasteiger partial charge in [-0.1, -0.05) is 18.9 Å². The summed E-state index contributed by atoms with van der Waals surface area (Å²) in [7, 11) is 0. The van der Waals surface area contributed by atoms with E-state index in [1.807, 2.05) is 6.92 Å². The lowest BCUT2D eigenvalue weighted by molar-refractivity contribution is 0.322. The molecule has 0 amide bonds. The lowest BCUT2D eigenvalue weighted by atomic mass is 10.8. The first-order chi connectivity index (χ1) is 3.41. The van der Waals surface area contributed by atoms with Crippen molar-refractivity contribution < 1.29 is 5.11 Å². The van der Waals surface area contributed by atoms with Gasteiger partial charge in [0.05, 0.1) is 6.61 Å². The molecule has 0 aliphatic heterocycles. The molecule has 0 radical (unpaired) electrons. The molecule has 0 saturated heterocycles. The van der Waals surface area contributed by atoms with Crippen molar-refractivity contribution in [2.75, 3.05) is 18.9 Å². The maximum Gasteiger partial charge on any atom is 0.0534 e. The number of hydrogen-bond donors (Lipinski definition) is 2. The van der Waals surface area contributed by atoms with Gasteiger partial charge in [-0.15, -0.1) is 12.4 Å². The third-order valence-electron chi connectivity index (χ3n) is 0.440. The number of rotatable bonds is 4. The third kappa shape index (κ3) is 9.75. The molecule has 0 fully saturated rings. The number of halogens is 1. The van der Waals surface area contributed by atoms with Crippen molar-refractivity contribution in [3.8, 4) is 0 Å². The quantitative estimate of drug-likeness (QED) is 0.465. The fraction of sp³-hybridized carbons (Fsp3) is 1.00. The average Bonchev–Trinajstić information content (AvgIpc) is 1.69. The van der Waals surface area contributed by atoms with Gasteiger partial charge < -0.3 is 5.11 Å². The molecular formula is C4H12ClNOS. The SMILES string of the molecule is CCNSCCO.Cl. The van der Waals surface area contributed by atoms with Gasteiger partial charge >= 0.3 is 0 Å². The van der Waals surface area contributed by atoms with Crippen molar-refractivity contribution >= 4 is 24.4 Å². The van der Waals surface area contributed by atoms with E-state index in [0.717, 1.165) is 12.3 Å². The van der Waals surface area contributed by atoms with Gasteiger partial charge in [-0.25, -0.2) is 0 Å². The molecule has 0 aromatic carbocycles. The Labute approximate surface area is 60.6 Å². The molecule has 0 bridgehead atoms. The largest absolute Gasteiger partial charge is 0.395 e. The summed E-state index contributed by atoms with van der Waals surface area (Å²) in [6.45, 7) is 3.26. The van der Waals surface area contributed by atoms with Gasteiger partial charge in [-0.3, -0.25) is 4.72 Å². The van der Waals surface area contributed by atoms with E-state index in [-0.39, 0.29) is 19.0 Å². The fourth-order valence-corrected chi connectivity index (χ4v) is 0.660. The molecule has 8 heavy (non-hydrogen) atoms. The Morgan fingerprint density at radius 2 is 2.25 bits per heavy atom. The van der Waals surface area contributed by atoms with Crippen LogP contribution in [0.3, 0.4) is 0 Å². The van der Waals surface area contributed by atoms with E-state index in [1.54, 1.807) is 11.9 Å². The minimum atomic E-state index is 0. The van der Waals surface area contributed by atoms with Crippen molar-refractivity contribution in [3.05, 3.63) is 0 Å². The Morgan fingerprint density at radius 3 is 2.62 bits per heavy atom. The van der Waals surface area contributed by atoms with Crippen LogP contribution in [0.4, 0.5) is 0 Å². The molecule has 0 aliphatic rings. The van der Waals surface area contributed by atoms with Crippen LogP contribution in [0.2, 0.25) is 0 Å². The van der Waals surface area contributed by atoms with E-state index in [9.17, 15) is 0 Å². The second-order valence-corrected chi connectivity index (χ2v) is 2.06. The Balaban J connectivity index is 0. The summed E-state index contributed by atoms with van der Waals surface area (Å²) in [5.41, 5.74) is 0. The van der Waals surface area contributed by atoms with Crippen LogP contribution in [-0.2, 0) is 0 Å². The van der Waals surface area contributed by atoms with Crippen LogP contribution in [0.25, 0.3) is 0 Å². The van der Waals surface area contributed by atoms with Gasteiger partial charge in [0.25, 0.3) is 0 Å².